The summed E-state index contributed by atoms with van der Waals surface area (Å²) in [6.07, 6.45) is 4.42. The van der Waals surface area contributed by atoms with Gasteiger partial charge in [0.2, 0.25) is 5.88 Å². The standard InChI is InChI=1S/C8H10N2O2/c1-11-8-7(4-6-5-12-6)9-2-3-10-8/h2-3,6H,4-5H2,1H3. The summed E-state index contributed by atoms with van der Waals surface area (Å²) in [5.74, 6) is 0.605. The van der Waals surface area contributed by atoms with Crippen LogP contribution < -0.4 is 4.74 Å². The molecular formula is C8H10N2O2. The number of methoxy groups -OCH3 is 1. The molecule has 2 heterocycles. The summed E-state index contributed by atoms with van der Waals surface area (Å²) < 4.78 is 10.1. The third kappa shape index (κ3) is 1.53. The zero-order chi connectivity index (χ0) is 8.39. The molecule has 0 aliphatic carbocycles. The average Bonchev–Trinajstić information content (AvgIpc) is 2.89. The van der Waals surface area contributed by atoms with Crippen LogP contribution in [0.1, 0.15) is 5.69 Å². The van der Waals surface area contributed by atoms with Gasteiger partial charge in [0.05, 0.1) is 19.8 Å². The Morgan fingerprint density at radius 3 is 3.00 bits per heavy atom. The van der Waals surface area contributed by atoms with E-state index in [0.29, 0.717) is 12.0 Å². The van der Waals surface area contributed by atoms with Crippen molar-refractivity contribution in [2.24, 2.45) is 0 Å². The predicted octanol–water partition coefficient (Wildman–Crippen LogP) is 0.426. The van der Waals surface area contributed by atoms with Gasteiger partial charge in [0.1, 0.15) is 5.69 Å². The first-order valence-electron chi connectivity index (χ1n) is 3.85. The highest BCUT2D eigenvalue weighted by molar-refractivity contribution is 5.18. The summed E-state index contributed by atoms with van der Waals surface area (Å²) in [6, 6.07) is 0. The van der Waals surface area contributed by atoms with Crippen LogP contribution in [-0.2, 0) is 11.2 Å². The van der Waals surface area contributed by atoms with Crippen molar-refractivity contribution in [3.05, 3.63) is 18.1 Å². The van der Waals surface area contributed by atoms with Gasteiger partial charge in [0.25, 0.3) is 0 Å². The van der Waals surface area contributed by atoms with Crippen LogP contribution in [0.15, 0.2) is 12.4 Å². The monoisotopic (exact) mass is 166 g/mol. The quantitative estimate of drug-likeness (QED) is 0.611. The van der Waals surface area contributed by atoms with Gasteiger partial charge in [-0.25, -0.2) is 4.98 Å². The van der Waals surface area contributed by atoms with Gasteiger partial charge in [0, 0.05) is 18.8 Å². The number of hydrogen-bond donors (Lipinski definition) is 0. The van der Waals surface area contributed by atoms with E-state index in [9.17, 15) is 0 Å². The molecule has 1 fully saturated rings. The highest BCUT2D eigenvalue weighted by atomic mass is 16.6. The fourth-order valence-electron chi connectivity index (χ4n) is 1.07. The molecule has 1 saturated heterocycles. The van der Waals surface area contributed by atoms with Crippen molar-refractivity contribution < 1.29 is 9.47 Å². The summed E-state index contributed by atoms with van der Waals surface area (Å²) in [6.45, 7) is 0.833. The lowest BCUT2D eigenvalue weighted by Crippen LogP contribution is -2.01. The lowest BCUT2D eigenvalue weighted by molar-refractivity contribution is 0.376. The SMILES string of the molecule is COc1nccnc1CC1CO1. The van der Waals surface area contributed by atoms with E-state index >= 15 is 0 Å². The molecule has 1 unspecified atom stereocenters. The van der Waals surface area contributed by atoms with Crippen LogP contribution in [-0.4, -0.2) is 29.8 Å². The van der Waals surface area contributed by atoms with Crippen LogP contribution in [0, 0.1) is 0 Å². The Bertz CT molecular complexity index is 274. The van der Waals surface area contributed by atoms with E-state index in [-0.39, 0.29) is 0 Å². The topological polar surface area (TPSA) is 47.5 Å². The van der Waals surface area contributed by atoms with E-state index in [1.165, 1.54) is 0 Å². The van der Waals surface area contributed by atoms with E-state index in [4.69, 9.17) is 9.47 Å². The van der Waals surface area contributed by atoms with Gasteiger partial charge in [-0.05, 0) is 0 Å². The summed E-state index contributed by atoms with van der Waals surface area (Å²) in [7, 11) is 1.60. The second-order valence-electron chi connectivity index (χ2n) is 2.67. The smallest absolute Gasteiger partial charge is 0.235 e. The number of rotatable bonds is 3. The van der Waals surface area contributed by atoms with Crippen molar-refractivity contribution in [3.8, 4) is 5.88 Å². The Hall–Kier alpha value is -1.16. The fraction of sp³-hybridized carbons (Fsp3) is 0.500. The van der Waals surface area contributed by atoms with Gasteiger partial charge in [0.15, 0.2) is 0 Å². The minimum Gasteiger partial charge on any atom is -0.480 e. The second kappa shape index (κ2) is 3.06. The fourth-order valence-corrected chi connectivity index (χ4v) is 1.07. The maximum absolute atomic E-state index is 5.09. The summed E-state index contributed by atoms with van der Waals surface area (Å²) >= 11 is 0. The third-order valence-electron chi connectivity index (χ3n) is 1.75. The highest BCUT2D eigenvalue weighted by Gasteiger charge is 2.25. The van der Waals surface area contributed by atoms with Gasteiger partial charge in [-0.1, -0.05) is 0 Å². The largest absolute Gasteiger partial charge is 0.480 e. The maximum atomic E-state index is 5.09. The normalized spacial score (nSPS) is 20.6. The molecular weight excluding hydrogens is 156 g/mol. The third-order valence-corrected chi connectivity index (χ3v) is 1.75. The molecule has 12 heavy (non-hydrogen) atoms. The molecule has 0 saturated carbocycles. The zero-order valence-electron chi connectivity index (χ0n) is 6.86. The van der Waals surface area contributed by atoms with Crippen molar-refractivity contribution in [1.29, 1.82) is 0 Å². The molecule has 2 rings (SSSR count). The number of aromatic nitrogens is 2. The summed E-state index contributed by atoms with van der Waals surface area (Å²) in [5, 5.41) is 0. The molecule has 1 aliphatic heterocycles. The summed E-state index contributed by atoms with van der Waals surface area (Å²) in [4.78, 5) is 8.20. The van der Waals surface area contributed by atoms with Crippen molar-refractivity contribution in [1.82, 2.24) is 9.97 Å². The van der Waals surface area contributed by atoms with Crippen molar-refractivity contribution in [2.45, 2.75) is 12.5 Å². The lowest BCUT2D eigenvalue weighted by atomic mass is 10.2. The van der Waals surface area contributed by atoms with Crippen LogP contribution in [0.2, 0.25) is 0 Å². The molecule has 1 aliphatic rings. The van der Waals surface area contributed by atoms with Crippen molar-refractivity contribution in [2.75, 3.05) is 13.7 Å². The minimum atomic E-state index is 0.329. The molecule has 64 valence electrons. The van der Waals surface area contributed by atoms with Crippen LogP contribution >= 0.6 is 0 Å². The lowest BCUT2D eigenvalue weighted by Gasteiger charge is -2.02. The first kappa shape index (κ1) is 7.49. The Kier molecular flexibility index (Phi) is 1.91. The molecule has 1 aromatic rings. The van der Waals surface area contributed by atoms with E-state index in [1.54, 1.807) is 19.5 Å². The molecule has 4 heteroatoms. The van der Waals surface area contributed by atoms with Gasteiger partial charge >= 0.3 is 0 Å². The number of nitrogens with zero attached hydrogens (tertiary/aromatic N) is 2. The Morgan fingerprint density at radius 1 is 1.58 bits per heavy atom. The number of epoxide rings is 1. The molecule has 4 nitrogen and oxygen atoms in total. The maximum Gasteiger partial charge on any atom is 0.235 e. The molecule has 0 amide bonds. The van der Waals surface area contributed by atoms with E-state index in [1.807, 2.05) is 0 Å². The molecule has 0 N–H and O–H groups in total. The second-order valence-corrected chi connectivity index (χ2v) is 2.67. The number of hydrogen-bond acceptors (Lipinski definition) is 4. The molecule has 0 spiro atoms. The number of ether oxygens (including phenoxy) is 2. The molecule has 1 aromatic heterocycles. The predicted molar refractivity (Wildman–Crippen MR) is 42.0 cm³/mol. The highest BCUT2D eigenvalue weighted by Crippen LogP contribution is 2.19. The van der Waals surface area contributed by atoms with Gasteiger partial charge < -0.3 is 9.47 Å². The average molecular weight is 166 g/mol. The van der Waals surface area contributed by atoms with Gasteiger partial charge in [-0.2, -0.15) is 0 Å². The zero-order valence-corrected chi connectivity index (χ0v) is 6.86. The Balaban J connectivity index is 2.15. The molecule has 1 atom stereocenters. The van der Waals surface area contributed by atoms with Crippen LogP contribution in [0.5, 0.6) is 5.88 Å². The van der Waals surface area contributed by atoms with Crippen molar-refractivity contribution >= 4 is 0 Å². The van der Waals surface area contributed by atoms with Gasteiger partial charge in [-0.3, -0.25) is 4.98 Å². The first-order chi connectivity index (χ1) is 5.90. The Morgan fingerprint density at radius 2 is 2.33 bits per heavy atom. The Labute approximate surface area is 70.6 Å². The van der Waals surface area contributed by atoms with Crippen LogP contribution in [0.25, 0.3) is 0 Å². The molecule has 0 radical (unpaired) electrons. The van der Waals surface area contributed by atoms with Crippen LogP contribution in [0.3, 0.4) is 0 Å². The van der Waals surface area contributed by atoms with Crippen LogP contribution in [0.4, 0.5) is 0 Å². The molecule has 0 aromatic carbocycles. The van der Waals surface area contributed by atoms with Crippen molar-refractivity contribution in [3.63, 3.8) is 0 Å². The molecule has 0 bridgehead atoms. The minimum absolute atomic E-state index is 0.329. The van der Waals surface area contributed by atoms with E-state index in [2.05, 4.69) is 9.97 Å². The summed E-state index contributed by atoms with van der Waals surface area (Å²) in [5.41, 5.74) is 0.877. The van der Waals surface area contributed by atoms with E-state index < -0.39 is 0 Å². The van der Waals surface area contributed by atoms with Gasteiger partial charge in [-0.15, -0.1) is 0 Å². The van der Waals surface area contributed by atoms with E-state index in [0.717, 1.165) is 18.7 Å². The first-order valence-corrected chi connectivity index (χ1v) is 3.85.